The van der Waals surface area contributed by atoms with Gasteiger partial charge in [0.25, 0.3) is 0 Å². The zero-order valence-corrected chi connectivity index (χ0v) is 11.6. The van der Waals surface area contributed by atoms with E-state index in [0.717, 1.165) is 25.9 Å². The van der Waals surface area contributed by atoms with Crippen molar-refractivity contribution in [3.05, 3.63) is 0 Å². The molecule has 1 amide bonds. The Balaban J connectivity index is 2.46. The van der Waals surface area contributed by atoms with E-state index in [4.69, 9.17) is 0 Å². The highest BCUT2D eigenvalue weighted by atomic mass is 16.3. The number of amides is 1. The predicted octanol–water partition coefficient (Wildman–Crippen LogP) is 2.29. The number of aliphatic hydroxyl groups is 1. The summed E-state index contributed by atoms with van der Waals surface area (Å²) in [4.78, 5) is 14.1. The van der Waals surface area contributed by atoms with E-state index in [9.17, 15) is 9.90 Å². The van der Waals surface area contributed by atoms with Crippen LogP contribution in [0.4, 0.5) is 0 Å². The van der Waals surface area contributed by atoms with Crippen molar-refractivity contribution in [2.75, 3.05) is 13.1 Å². The smallest absolute Gasteiger partial charge is 0.222 e. The van der Waals surface area contributed by atoms with Crippen LogP contribution in [-0.2, 0) is 4.79 Å². The third-order valence-electron chi connectivity index (χ3n) is 4.13. The van der Waals surface area contributed by atoms with Gasteiger partial charge in [0.15, 0.2) is 0 Å². The highest BCUT2D eigenvalue weighted by molar-refractivity contribution is 5.76. The summed E-state index contributed by atoms with van der Waals surface area (Å²) in [6, 6.07) is 0. The fourth-order valence-electron chi connectivity index (χ4n) is 2.27. The lowest BCUT2D eigenvalue weighted by Crippen LogP contribution is -2.43. The normalized spacial score (nSPS) is 24.8. The van der Waals surface area contributed by atoms with Gasteiger partial charge in [0, 0.05) is 25.4 Å². The first-order chi connectivity index (χ1) is 7.91. The molecule has 1 heterocycles. The second-order valence-corrected chi connectivity index (χ2v) is 5.91. The van der Waals surface area contributed by atoms with Gasteiger partial charge >= 0.3 is 0 Å². The number of hydrogen-bond acceptors (Lipinski definition) is 2. The van der Waals surface area contributed by atoms with Crippen LogP contribution in [0, 0.1) is 17.8 Å². The number of hydrogen-bond donors (Lipinski definition) is 1. The van der Waals surface area contributed by atoms with Gasteiger partial charge in [-0.15, -0.1) is 0 Å². The molecule has 1 aliphatic heterocycles. The molecule has 1 rings (SSSR count). The Hall–Kier alpha value is -0.570. The van der Waals surface area contributed by atoms with Gasteiger partial charge in [-0.05, 0) is 31.6 Å². The van der Waals surface area contributed by atoms with Crippen molar-refractivity contribution in [2.45, 2.75) is 53.1 Å². The molecule has 1 N–H and O–H groups in total. The first kappa shape index (κ1) is 14.5. The maximum Gasteiger partial charge on any atom is 0.222 e. The van der Waals surface area contributed by atoms with E-state index < -0.39 is 0 Å². The third-order valence-corrected chi connectivity index (χ3v) is 4.13. The summed E-state index contributed by atoms with van der Waals surface area (Å²) in [7, 11) is 0. The molecule has 0 bridgehead atoms. The Morgan fingerprint density at radius 2 is 2.00 bits per heavy atom. The van der Waals surface area contributed by atoms with Crippen molar-refractivity contribution in [1.82, 2.24) is 4.90 Å². The fraction of sp³-hybridized carbons (Fsp3) is 0.929. The number of aliphatic hydroxyl groups excluding tert-OH is 1. The molecule has 17 heavy (non-hydrogen) atoms. The quantitative estimate of drug-likeness (QED) is 0.820. The zero-order chi connectivity index (χ0) is 13.0. The molecular formula is C14H27NO2. The molecule has 0 aromatic rings. The second kappa shape index (κ2) is 6.39. The van der Waals surface area contributed by atoms with Gasteiger partial charge in [-0.25, -0.2) is 0 Å². The van der Waals surface area contributed by atoms with Crippen LogP contribution in [0.1, 0.15) is 47.0 Å². The van der Waals surface area contributed by atoms with E-state index in [1.165, 1.54) is 0 Å². The van der Waals surface area contributed by atoms with Crippen molar-refractivity contribution >= 4 is 5.91 Å². The molecule has 100 valence electrons. The van der Waals surface area contributed by atoms with Crippen molar-refractivity contribution in [1.29, 1.82) is 0 Å². The number of nitrogens with zero attached hydrogens (tertiary/aromatic N) is 1. The second-order valence-electron chi connectivity index (χ2n) is 5.91. The minimum absolute atomic E-state index is 0.261. The largest absolute Gasteiger partial charge is 0.393 e. The van der Waals surface area contributed by atoms with E-state index in [1.807, 2.05) is 11.8 Å². The average molecular weight is 241 g/mol. The summed E-state index contributed by atoms with van der Waals surface area (Å²) in [6.45, 7) is 9.89. The minimum atomic E-state index is -0.298. The number of likely N-dealkylation sites (tertiary alicyclic amines) is 1. The monoisotopic (exact) mass is 241 g/mol. The van der Waals surface area contributed by atoms with Crippen LogP contribution in [-0.4, -0.2) is 35.1 Å². The summed E-state index contributed by atoms with van der Waals surface area (Å²) in [6.07, 6.45) is 2.41. The van der Waals surface area contributed by atoms with Gasteiger partial charge in [-0.2, -0.15) is 0 Å². The number of carbonyl (C=O) groups excluding carboxylic acids is 1. The van der Waals surface area contributed by atoms with E-state index in [-0.39, 0.29) is 17.9 Å². The molecular weight excluding hydrogens is 214 g/mol. The number of rotatable bonds is 4. The number of carbonyl (C=O) groups is 1. The van der Waals surface area contributed by atoms with Crippen LogP contribution in [0.2, 0.25) is 0 Å². The minimum Gasteiger partial charge on any atom is -0.393 e. The lowest BCUT2D eigenvalue weighted by molar-refractivity contribution is -0.135. The Bertz CT molecular complexity index is 251. The van der Waals surface area contributed by atoms with Gasteiger partial charge in [0.1, 0.15) is 0 Å². The third kappa shape index (κ3) is 4.30. The summed E-state index contributed by atoms with van der Waals surface area (Å²) < 4.78 is 0. The van der Waals surface area contributed by atoms with Crippen molar-refractivity contribution in [3.63, 3.8) is 0 Å². The van der Waals surface area contributed by atoms with Crippen LogP contribution < -0.4 is 0 Å². The lowest BCUT2D eigenvalue weighted by atomic mass is 9.91. The molecule has 0 radical (unpaired) electrons. The predicted molar refractivity (Wildman–Crippen MR) is 69.6 cm³/mol. The van der Waals surface area contributed by atoms with Crippen LogP contribution in [0.5, 0.6) is 0 Å². The Kier molecular flexibility index (Phi) is 5.44. The fourth-order valence-corrected chi connectivity index (χ4v) is 2.27. The average Bonchev–Trinajstić information content (AvgIpc) is 2.28. The van der Waals surface area contributed by atoms with Crippen LogP contribution >= 0.6 is 0 Å². The highest BCUT2D eigenvalue weighted by Crippen LogP contribution is 2.22. The molecule has 0 aliphatic carbocycles. The topological polar surface area (TPSA) is 40.5 Å². The maximum atomic E-state index is 12.1. The van der Waals surface area contributed by atoms with Gasteiger partial charge < -0.3 is 10.0 Å². The standard InChI is InChI=1S/C14H27NO2/c1-10(2)11(3)8-14(17)15-7-5-6-13(9-15)12(4)16/h10-13,16H,5-9H2,1-4H3. The molecule has 0 saturated carbocycles. The van der Waals surface area contributed by atoms with E-state index in [1.54, 1.807) is 0 Å². The molecule has 3 unspecified atom stereocenters. The molecule has 0 aromatic heterocycles. The van der Waals surface area contributed by atoms with E-state index in [2.05, 4.69) is 20.8 Å². The Morgan fingerprint density at radius 3 is 2.53 bits per heavy atom. The van der Waals surface area contributed by atoms with Crippen molar-refractivity contribution in [2.24, 2.45) is 17.8 Å². The molecule has 1 saturated heterocycles. The van der Waals surface area contributed by atoms with E-state index >= 15 is 0 Å². The molecule has 0 spiro atoms. The first-order valence-corrected chi connectivity index (χ1v) is 6.87. The van der Waals surface area contributed by atoms with Gasteiger partial charge in [0.2, 0.25) is 5.91 Å². The summed E-state index contributed by atoms with van der Waals surface area (Å²) >= 11 is 0. The molecule has 3 atom stereocenters. The summed E-state index contributed by atoms with van der Waals surface area (Å²) in [5.41, 5.74) is 0. The highest BCUT2D eigenvalue weighted by Gasteiger charge is 2.27. The molecule has 3 nitrogen and oxygen atoms in total. The first-order valence-electron chi connectivity index (χ1n) is 6.87. The van der Waals surface area contributed by atoms with Gasteiger partial charge in [0.05, 0.1) is 6.10 Å². The maximum absolute atomic E-state index is 12.1. The van der Waals surface area contributed by atoms with Crippen molar-refractivity contribution in [3.8, 4) is 0 Å². The molecule has 0 aromatic carbocycles. The number of piperidine rings is 1. The van der Waals surface area contributed by atoms with Crippen LogP contribution in [0.3, 0.4) is 0 Å². The molecule has 1 fully saturated rings. The Labute approximate surface area is 105 Å². The zero-order valence-electron chi connectivity index (χ0n) is 11.6. The summed E-state index contributed by atoms with van der Waals surface area (Å²) in [5.74, 6) is 1.52. The van der Waals surface area contributed by atoms with Crippen LogP contribution in [0.25, 0.3) is 0 Å². The van der Waals surface area contributed by atoms with Gasteiger partial charge in [-0.1, -0.05) is 20.8 Å². The summed E-state index contributed by atoms with van der Waals surface area (Å²) in [5, 5.41) is 9.61. The SMILES string of the molecule is CC(C)C(C)CC(=O)N1CCCC(C(C)O)C1. The van der Waals surface area contributed by atoms with E-state index in [0.29, 0.717) is 18.3 Å². The van der Waals surface area contributed by atoms with Crippen LogP contribution in [0.15, 0.2) is 0 Å². The van der Waals surface area contributed by atoms with Crippen molar-refractivity contribution < 1.29 is 9.90 Å². The lowest BCUT2D eigenvalue weighted by Gasteiger charge is -2.35. The molecule has 3 heteroatoms. The molecule has 1 aliphatic rings. The van der Waals surface area contributed by atoms with Gasteiger partial charge in [-0.3, -0.25) is 4.79 Å². The Morgan fingerprint density at radius 1 is 1.35 bits per heavy atom.